The van der Waals surface area contributed by atoms with Crippen LogP contribution in [0.25, 0.3) is 5.69 Å². The third-order valence-corrected chi connectivity index (χ3v) is 4.76. The first kappa shape index (κ1) is 18.0. The molecule has 1 aromatic carbocycles. The molecule has 0 bridgehead atoms. The fourth-order valence-electron chi connectivity index (χ4n) is 3.23. The third kappa shape index (κ3) is 2.46. The van der Waals surface area contributed by atoms with E-state index in [2.05, 4.69) is 0 Å². The fourth-order valence-corrected chi connectivity index (χ4v) is 3.23. The molecule has 0 spiro atoms. The predicted octanol–water partition coefficient (Wildman–Crippen LogP) is 0.762. The molecule has 0 radical (unpaired) electrons. The number of amides is 2. The minimum atomic E-state index is -5.32. The molecule has 1 saturated carbocycles. The van der Waals surface area contributed by atoms with Crippen molar-refractivity contribution in [1.29, 1.82) is 0 Å². The predicted molar refractivity (Wildman–Crippen MR) is 89.9 cm³/mol. The molecule has 8 nitrogen and oxygen atoms in total. The van der Waals surface area contributed by atoms with E-state index in [9.17, 15) is 32.3 Å². The Kier molecular flexibility index (Phi) is 3.74. The standard InChI is InChI=1S/C17H13F3N4O4/c18-17(19,20)16(23-12(25)8-6-7-8)10-11(21-14(16)27)24(15(28)22-13(10)26)9-4-2-1-3-5-9/h1-5,8H,6-7H2,(H,21,27)(H,23,25)(H,22,26,28)/t16-/m1/s1. The van der Waals surface area contributed by atoms with Crippen LogP contribution in [0.4, 0.5) is 19.0 Å². The monoisotopic (exact) mass is 394 g/mol. The number of nitrogens with zero attached hydrogens (tertiary/aromatic N) is 1. The van der Waals surface area contributed by atoms with Crippen molar-refractivity contribution in [2.45, 2.75) is 24.6 Å². The molecule has 2 aromatic rings. The molecule has 2 heterocycles. The summed E-state index contributed by atoms with van der Waals surface area (Å²) in [6.07, 6.45) is -4.53. The second kappa shape index (κ2) is 5.81. The molecule has 1 aliphatic heterocycles. The summed E-state index contributed by atoms with van der Waals surface area (Å²) in [5.41, 5.74) is -6.95. The van der Waals surface area contributed by atoms with E-state index in [0.717, 1.165) is 4.57 Å². The number of carbonyl (C=O) groups excluding carboxylic acids is 2. The molecule has 0 unspecified atom stereocenters. The van der Waals surface area contributed by atoms with Gasteiger partial charge in [-0.2, -0.15) is 13.2 Å². The number of aromatic amines is 1. The number of halogens is 3. The molecule has 3 N–H and O–H groups in total. The van der Waals surface area contributed by atoms with Crippen LogP contribution in [-0.2, 0) is 15.1 Å². The molecule has 1 fully saturated rings. The van der Waals surface area contributed by atoms with Gasteiger partial charge in [0.05, 0.1) is 5.69 Å². The van der Waals surface area contributed by atoms with Crippen LogP contribution in [0.5, 0.6) is 0 Å². The number of hydrogen-bond donors (Lipinski definition) is 3. The molecule has 2 aliphatic rings. The van der Waals surface area contributed by atoms with Gasteiger partial charge in [-0.05, 0) is 25.0 Å². The summed E-state index contributed by atoms with van der Waals surface area (Å²) in [6, 6.07) is 7.52. The molecule has 0 saturated heterocycles. The number of fused-ring (bicyclic) bond motifs is 1. The first-order valence-corrected chi connectivity index (χ1v) is 8.32. The summed E-state index contributed by atoms with van der Waals surface area (Å²) in [5, 5.41) is 3.71. The number of H-pyrrole nitrogens is 1. The smallest absolute Gasteiger partial charge is 0.330 e. The maximum Gasteiger partial charge on any atom is 0.425 e. The highest BCUT2D eigenvalue weighted by atomic mass is 19.4. The maximum absolute atomic E-state index is 14.1. The number of anilines is 1. The third-order valence-electron chi connectivity index (χ3n) is 4.76. The highest BCUT2D eigenvalue weighted by Gasteiger charge is 2.69. The number of benzene rings is 1. The van der Waals surface area contributed by atoms with Crippen LogP contribution in [0.1, 0.15) is 18.4 Å². The van der Waals surface area contributed by atoms with Crippen LogP contribution in [0.2, 0.25) is 0 Å². The van der Waals surface area contributed by atoms with Gasteiger partial charge >= 0.3 is 11.9 Å². The number of aromatic nitrogens is 2. The average molecular weight is 394 g/mol. The second-order valence-corrected chi connectivity index (χ2v) is 6.62. The zero-order valence-electron chi connectivity index (χ0n) is 14.1. The Hall–Kier alpha value is -3.37. The molecular formula is C17H13F3N4O4. The minimum Gasteiger partial charge on any atom is -0.330 e. The lowest BCUT2D eigenvalue weighted by Crippen LogP contribution is -2.62. The molecule has 146 valence electrons. The van der Waals surface area contributed by atoms with Crippen molar-refractivity contribution in [3.8, 4) is 5.69 Å². The molecule has 11 heteroatoms. The van der Waals surface area contributed by atoms with Gasteiger partial charge in [0.15, 0.2) is 0 Å². The number of rotatable bonds is 3. The molecular weight excluding hydrogens is 381 g/mol. The van der Waals surface area contributed by atoms with Gasteiger partial charge in [0, 0.05) is 5.92 Å². The number of hydrogen-bond acceptors (Lipinski definition) is 4. The summed E-state index contributed by atoms with van der Waals surface area (Å²) in [6.45, 7) is 0. The van der Waals surface area contributed by atoms with Crippen molar-refractivity contribution < 1.29 is 22.8 Å². The number of carbonyl (C=O) groups is 2. The quantitative estimate of drug-likeness (QED) is 0.713. The molecule has 1 atom stereocenters. The van der Waals surface area contributed by atoms with Crippen molar-refractivity contribution in [2.75, 3.05) is 5.32 Å². The Morgan fingerprint density at radius 2 is 1.79 bits per heavy atom. The highest BCUT2D eigenvalue weighted by molar-refractivity contribution is 6.08. The summed E-state index contributed by atoms with van der Waals surface area (Å²) in [4.78, 5) is 51.1. The first-order chi connectivity index (χ1) is 13.2. The van der Waals surface area contributed by atoms with E-state index in [0.29, 0.717) is 12.8 Å². The second-order valence-electron chi connectivity index (χ2n) is 6.62. The van der Waals surface area contributed by atoms with Crippen molar-refractivity contribution in [1.82, 2.24) is 14.9 Å². The summed E-state index contributed by atoms with van der Waals surface area (Å²) < 4.78 is 43.0. The van der Waals surface area contributed by atoms with Gasteiger partial charge in [-0.1, -0.05) is 18.2 Å². The van der Waals surface area contributed by atoms with Crippen LogP contribution in [-0.4, -0.2) is 27.5 Å². The first-order valence-electron chi connectivity index (χ1n) is 8.32. The van der Waals surface area contributed by atoms with Crippen molar-refractivity contribution in [3.63, 3.8) is 0 Å². The van der Waals surface area contributed by atoms with Crippen molar-refractivity contribution in [2.24, 2.45) is 5.92 Å². The van der Waals surface area contributed by atoms with Gasteiger partial charge in [0.2, 0.25) is 11.4 Å². The summed E-state index contributed by atoms with van der Waals surface area (Å²) in [5.74, 6) is -3.89. The lowest BCUT2D eigenvalue weighted by molar-refractivity contribution is -0.201. The fraction of sp³-hybridized carbons (Fsp3) is 0.294. The van der Waals surface area contributed by atoms with Crippen molar-refractivity contribution >= 4 is 17.6 Å². The van der Waals surface area contributed by atoms with Gasteiger partial charge < -0.3 is 10.6 Å². The zero-order chi connectivity index (χ0) is 20.3. The molecule has 1 aromatic heterocycles. The van der Waals surface area contributed by atoms with E-state index >= 15 is 0 Å². The van der Waals surface area contributed by atoms with E-state index in [4.69, 9.17) is 0 Å². The van der Waals surface area contributed by atoms with Gasteiger partial charge in [-0.15, -0.1) is 0 Å². The van der Waals surface area contributed by atoms with E-state index in [1.165, 1.54) is 24.3 Å². The molecule has 4 rings (SSSR count). The van der Waals surface area contributed by atoms with Crippen LogP contribution >= 0.6 is 0 Å². The summed E-state index contributed by atoms with van der Waals surface area (Å²) in [7, 11) is 0. The van der Waals surface area contributed by atoms with Crippen LogP contribution in [0, 0.1) is 5.92 Å². The lowest BCUT2D eigenvalue weighted by atomic mass is 9.91. The van der Waals surface area contributed by atoms with Crippen LogP contribution < -0.4 is 21.9 Å². The highest BCUT2D eigenvalue weighted by Crippen LogP contribution is 2.46. The Bertz CT molecular complexity index is 1100. The number of para-hydroxylation sites is 1. The normalized spacial score (nSPS) is 21.2. The summed E-state index contributed by atoms with van der Waals surface area (Å²) >= 11 is 0. The van der Waals surface area contributed by atoms with Gasteiger partial charge in [-0.25, -0.2) is 9.36 Å². The van der Waals surface area contributed by atoms with E-state index in [-0.39, 0.29) is 5.69 Å². The van der Waals surface area contributed by atoms with Crippen LogP contribution in [0.3, 0.4) is 0 Å². The Balaban J connectivity index is 2.01. The van der Waals surface area contributed by atoms with Gasteiger partial charge in [0.1, 0.15) is 11.4 Å². The minimum absolute atomic E-state index is 0.131. The Labute approximate surface area is 154 Å². The Morgan fingerprint density at radius 3 is 2.36 bits per heavy atom. The Morgan fingerprint density at radius 1 is 1.14 bits per heavy atom. The van der Waals surface area contributed by atoms with Gasteiger partial charge in [0.25, 0.3) is 11.5 Å². The maximum atomic E-state index is 14.1. The SMILES string of the molecule is O=C(N[C@@]1(C(F)(F)F)C(=O)Nc2c1c(=O)[nH]c(=O)n2-c1ccccc1)C1CC1. The topological polar surface area (TPSA) is 113 Å². The zero-order valence-corrected chi connectivity index (χ0v) is 14.1. The average Bonchev–Trinajstić information content (AvgIpc) is 3.41. The van der Waals surface area contributed by atoms with Crippen molar-refractivity contribution in [3.05, 3.63) is 56.7 Å². The number of nitrogens with one attached hydrogen (secondary N) is 3. The molecule has 1 aliphatic carbocycles. The van der Waals surface area contributed by atoms with Crippen LogP contribution in [0.15, 0.2) is 39.9 Å². The lowest BCUT2D eigenvalue weighted by Gasteiger charge is -2.30. The molecule has 28 heavy (non-hydrogen) atoms. The van der Waals surface area contributed by atoms with E-state index in [1.54, 1.807) is 11.4 Å². The largest absolute Gasteiger partial charge is 0.425 e. The molecule has 2 amide bonds. The number of alkyl halides is 3. The van der Waals surface area contributed by atoms with E-state index < -0.39 is 52.1 Å². The van der Waals surface area contributed by atoms with E-state index in [1.807, 2.05) is 10.3 Å². The van der Waals surface area contributed by atoms with Gasteiger partial charge in [-0.3, -0.25) is 19.4 Å².